The molecule has 0 fully saturated rings. The lowest BCUT2D eigenvalue weighted by atomic mass is 10.2. The number of carbonyl (C=O) groups excluding carboxylic acids is 1. The van der Waals surface area contributed by atoms with Crippen LogP contribution in [0.4, 0.5) is 10.1 Å². The zero-order valence-corrected chi connectivity index (χ0v) is 13.3. The van der Waals surface area contributed by atoms with Crippen LogP contribution in [-0.4, -0.2) is 15.7 Å². The molecule has 4 rings (SSSR count). The second-order valence-corrected chi connectivity index (χ2v) is 6.14. The van der Waals surface area contributed by atoms with Gasteiger partial charge in [-0.2, -0.15) is 5.10 Å². The van der Waals surface area contributed by atoms with Crippen LogP contribution in [0.1, 0.15) is 10.5 Å². The summed E-state index contributed by atoms with van der Waals surface area (Å²) in [5.41, 5.74) is 1.59. The highest BCUT2D eigenvalue weighted by atomic mass is 32.1. The molecule has 0 radical (unpaired) electrons. The Balaban J connectivity index is 1.60. The fourth-order valence-electron chi connectivity index (χ4n) is 2.49. The molecule has 1 amide bonds. The van der Waals surface area contributed by atoms with E-state index >= 15 is 0 Å². The lowest BCUT2D eigenvalue weighted by molar-refractivity contribution is 0.102. The zero-order chi connectivity index (χ0) is 16.5. The Bertz CT molecular complexity index is 1040. The Morgan fingerprint density at radius 3 is 2.88 bits per heavy atom. The second kappa shape index (κ2) is 5.90. The summed E-state index contributed by atoms with van der Waals surface area (Å²) in [4.78, 5) is 12.4. The maximum atomic E-state index is 13.3. The van der Waals surface area contributed by atoms with Crippen LogP contribution in [-0.2, 0) is 0 Å². The molecule has 0 aliphatic carbocycles. The maximum Gasteiger partial charge on any atom is 0.276 e. The number of benzene rings is 2. The van der Waals surface area contributed by atoms with Crippen molar-refractivity contribution >= 4 is 33.0 Å². The van der Waals surface area contributed by atoms with Gasteiger partial charge < -0.3 is 5.32 Å². The summed E-state index contributed by atoms with van der Waals surface area (Å²) in [5.74, 6) is -0.649. The minimum absolute atomic E-state index is 0.271. The largest absolute Gasteiger partial charge is 0.319 e. The molecule has 1 N–H and O–H groups in total. The van der Waals surface area contributed by atoms with Gasteiger partial charge in [-0.1, -0.05) is 18.2 Å². The van der Waals surface area contributed by atoms with Crippen molar-refractivity contribution in [1.82, 2.24) is 9.78 Å². The summed E-state index contributed by atoms with van der Waals surface area (Å²) in [6.07, 6.45) is 1.63. The molecule has 2 heterocycles. The number of nitrogens with zero attached hydrogens (tertiary/aromatic N) is 2. The fourth-order valence-corrected chi connectivity index (χ4v) is 3.35. The predicted molar refractivity (Wildman–Crippen MR) is 93.3 cm³/mol. The molecule has 0 bridgehead atoms. The summed E-state index contributed by atoms with van der Waals surface area (Å²) in [6, 6.07) is 15.4. The monoisotopic (exact) mass is 337 g/mol. The topological polar surface area (TPSA) is 46.9 Å². The molecule has 4 aromatic rings. The van der Waals surface area contributed by atoms with Gasteiger partial charge >= 0.3 is 0 Å². The van der Waals surface area contributed by atoms with Crippen LogP contribution in [0.25, 0.3) is 15.8 Å². The van der Waals surface area contributed by atoms with E-state index < -0.39 is 0 Å². The van der Waals surface area contributed by atoms with Crippen LogP contribution in [0.2, 0.25) is 0 Å². The van der Waals surface area contributed by atoms with E-state index in [9.17, 15) is 9.18 Å². The molecule has 0 saturated heterocycles. The highest BCUT2D eigenvalue weighted by molar-refractivity contribution is 7.17. The Kier molecular flexibility index (Phi) is 3.59. The first kappa shape index (κ1) is 14.6. The molecular formula is C18H12FN3OS. The first-order valence-corrected chi connectivity index (χ1v) is 8.18. The number of anilines is 1. The molecule has 0 aliphatic rings. The second-order valence-electron chi connectivity index (χ2n) is 5.22. The molecule has 6 heteroatoms. The normalized spacial score (nSPS) is 10.9. The fraction of sp³-hybridized carbons (Fsp3) is 0. The number of hydrogen-bond donors (Lipinski definition) is 1. The van der Waals surface area contributed by atoms with Crippen molar-refractivity contribution in [3.05, 3.63) is 77.7 Å². The number of rotatable bonds is 3. The Labute approximate surface area is 141 Å². The number of hydrogen-bond acceptors (Lipinski definition) is 3. The third kappa shape index (κ3) is 2.68. The number of thiophene rings is 1. The van der Waals surface area contributed by atoms with E-state index in [4.69, 9.17) is 0 Å². The number of aromatic nitrogens is 2. The van der Waals surface area contributed by atoms with Gasteiger partial charge in [-0.3, -0.25) is 4.79 Å². The van der Waals surface area contributed by atoms with Crippen molar-refractivity contribution in [3.8, 4) is 5.69 Å². The molecule has 24 heavy (non-hydrogen) atoms. The van der Waals surface area contributed by atoms with Gasteiger partial charge in [0.25, 0.3) is 5.91 Å². The third-order valence-corrected chi connectivity index (χ3v) is 4.59. The maximum absolute atomic E-state index is 13.3. The minimum atomic E-state index is -0.349. The van der Waals surface area contributed by atoms with Gasteiger partial charge in [0.05, 0.1) is 16.1 Å². The Morgan fingerprint density at radius 1 is 1.12 bits per heavy atom. The van der Waals surface area contributed by atoms with Gasteiger partial charge in [-0.05, 0) is 47.2 Å². The average Bonchev–Trinajstić information content (AvgIpc) is 3.25. The van der Waals surface area contributed by atoms with E-state index in [0.717, 1.165) is 15.8 Å². The van der Waals surface area contributed by atoms with Crippen molar-refractivity contribution in [2.24, 2.45) is 0 Å². The highest BCUT2D eigenvalue weighted by Crippen LogP contribution is 2.28. The molecule has 0 saturated carbocycles. The molecule has 2 aromatic carbocycles. The van der Waals surface area contributed by atoms with Gasteiger partial charge in [-0.15, -0.1) is 11.3 Å². The van der Waals surface area contributed by atoms with Gasteiger partial charge in [0.15, 0.2) is 5.69 Å². The first-order chi connectivity index (χ1) is 11.7. The standard InChI is InChI=1S/C18H12FN3OS/c19-13-4-2-5-14(11-13)22-9-7-16(21-22)18(23)20-15-6-1-3-12-8-10-24-17(12)15/h1-11H,(H,20,23). The molecule has 0 spiro atoms. The summed E-state index contributed by atoms with van der Waals surface area (Å²) in [6.45, 7) is 0. The van der Waals surface area contributed by atoms with E-state index in [1.165, 1.54) is 16.8 Å². The summed E-state index contributed by atoms with van der Waals surface area (Å²) in [7, 11) is 0. The van der Waals surface area contributed by atoms with E-state index in [0.29, 0.717) is 5.69 Å². The molecular weight excluding hydrogens is 325 g/mol. The summed E-state index contributed by atoms with van der Waals surface area (Å²) in [5, 5.41) is 10.2. The average molecular weight is 337 g/mol. The summed E-state index contributed by atoms with van der Waals surface area (Å²) < 4.78 is 15.8. The minimum Gasteiger partial charge on any atom is -0.319 e. The lowest BCUT2D eigenvalue weighted by Crippen LogP contribution is -2.13. The SMILES string of the molecule is O=C(Nc1cccc2ccsc12)c1ccn(-c2cccc(F)c2)n1. The Hall–Kier alpha value is -2.99. The molecule has 4 nitrogen and oxygen atoms in total. The quantitative estimate of drug-likeness (QED) is 0.599. The van der Waals surface area contributed by atoms with E-state index in [1.807, 2.05) is 29.6 Å². The van der Waals surface area contributed by atoms with Crippen molar-refractivity contribution < 1.29 is 9.18 Å². The van der Waals surface area contributed by atoms with Crippen LogP contribution in [0, 0.1) is 5.82 Å². The van der Waals surface area contributed by atoms with E-state index in [2.05, 4.69) is 10.4 Å². The van der Waals surface area contributed by atoms with Gasteiger partial charge in [0.1, 0.15) is 5.82 Å². The third-order valence-electron chi connectivity index (χ3n) is 3.62. The van der Waals surface area contributed by atoms with Crippen LogP contribution < -0.4 is 5.32 Å². The van der Waals surface area contributed by atoms with Crippen molar-refractivity contribution in [2.45, 2.75) is 0 Å². The van der Waals surface area contributed by atoms with Crippen molar-refractivity contribution in [1.29, 1.82) is 0 Å². The first-order valence-electron chi connectivity index (χ1n) is 7.30. The molecule has 0 aliphatic heterocycles. The number of nitrogens with one attached hydrogen (secondary N) is 1. The number of fused-ring (bicyclic) bond motifs is 1. The zero-order valence-electron chi connectivity index (χ0n) is 12.4. The van der Waals surface area contributed by atoms with Gasteiger partial charge in [0, 0.05) is 6.20 Å². The number of amides is 1. The molecule has 118 valence electrons. The van der Waals surface area contributed by atoms with Gasteiger partial charge in [0.2, 0.25) is 0 Å². The van der Waals surface area contributed by atoms with Crippen LogP contribution in [0.5, 0.6) is 0 Å². The number of halogens is 1. The molecule has 2 aromatic heterocycles. The summed E-state index contributed by atoms with van der Waals surface area (Å²) >= 11 is 1.57. The van der Waals surface area contributed by atoms with Crippen molar-refractivity contribution in [3.63, 3.8) is 0 Å². The van der Waals surface area contributed by atoms with Crippen LogP contribution >= 0.6 is 11.3 Å². The van der Waals surface area contributed by atoms with Gasteiger partial charge in [-0.25, -0.2) is 9.07 Å². The molecule has 0 unspecified atom stereocenters. The predicted octanol–water partition coefficient (Wildman–Crippen LogP) is 4.48. The van der Waals surface area contributed by atoms with E-state index in [1.54, 1.807) is 35.7 Å². The van der Waals surface area contributed by atoms with E-state index in [-0.39, 0.29) is 17.4 Å². The van der Waals surface area contributed by atoms with Crippen LogP contribution in [0.15, 0.2) is 66.2 Å². The smallest absolute Gasteiger partial charge is 0.276 e. The Morgan fingerprint density at radius 2 is 2.00 bits per heavy atom. The number of carbonyl (C=O) groups is 1. The van der Waals surface area contributed by atoms with Crippen molar-refractivity contribution in [2.75, 3.05) is 5.32 Å². The highest BCUT2D eigenvalue weighted by Gasteiger charge is 2.12. The lowest BCUT2D eigenvalue weighted by Gasteiger charge is -2.05. The molecule has 0 atom stereocenters. The van der Waals surface area contributed by atoms with Crippen LogP contribution in [0.3, 0.4) is 0 Å².